The molecule has 0 atom stereocenters. The number of rotatable bonds is 3. The van der Waals surface area contributed by atoms with Crippen molar-refractivity contribution in [3.05, 3.63) is 23.8 Å². The van der Waals surface area contributed by atoms with Gasteiger partial charge in [0.05, 0.1) is 7.11 Å². The number of benzene rings is 1. The summed E-state index contributed by atoms with van der Waals surface area (Å²) in [5.41, 5.74) is 0.860. The molecule has 3 heteroatoms. The van der Waals surface area contributed by atoms with Crippen LogP contribution in [0.15, 0.2) is 18.2 Å². The molecule has 0 spiro atoms. The first kappa shape index (κ1) is 10.9. The second-order valence-corrected chi connectivity index (χ2v) is 3.76. The lowest BCUT2D eigenvalue weighted by Crippen LogP contribution is -2.33. The summed E-state index contributed by atoms with van der Waals surface area (Å²) in [6, 6.07) is 5.15. The van der Waals surface area contributed by atoms with Crippen LogP contribution < -0.4 is 10.1 Å². The van der Waals surface area contributed by atoms with Crippen molar-refractivity contribution in [3.63, 3.8) is 0 Å². The molecule has 0 aliphatic heterocycles. The maximum Gasteiger partial charge on any atom is 0.127 e. The zero-order valence-electron chi connectivity index (χ0n) is 9.09. The van der Waals surface area contributed by atoms with Gasteiger partial charge in [0, 0.05) is 17.2 Å². The Morgan fingerprint density at radius 1 is 1.36 bits per heavy atom. The van der Waals surface area contributed by atoms with Gasteiger partial charge in [-0.1, -0.05) is 0 Å². The maximum absolute atomic E-state index is 9.31. The number of hydrogen-bond acceptors (Lipinski definition) is 3. The summed E-state index contributed by atoms with van der Waals surface area (Å²) in [5.74, 6) is 0.918. The number of aromatic hydroxyl groups is 1. The van der Waals surface area contributed by atoms with Gasteiger partial charge in [-0.15, -0.1) is 0 Å². The molecule has 0 radical (unpaired) electrons. The lowest BCUT2D eigenvalue weighted by molar-refractivity contribution is 0.370. The van der Waals surface area contributed by atoms with E-state index in [9.17, 15) is 5.11 Å². The van der Waals surface area contributed by atoms with E-state index in [2.05, 4.69) is 19.2 Å². The molecule has 0 aromatic heterocycles. The number of ether oxygens (including phenoxy) is 1. The second-order valence-electron chi connectivity index (χ2n) is 3.76. The van der Waals surface area contributed by atoms with Gasteiger partial charge in [-0.2, -0.15) is 0 Å². The summed E-state index contributed by atoms with van der Waals surface area (Å²) in [7, 11) is 3.50. The normalized spacial score (nSPS) is 11.4. The van der Waals surface area contributed by atoms with Gasteiger partial charge in [0.25, 0.3) is 0 Å². The summed E-state index contributed by atoms with van der Waals surface area (Å²) in [5, 5.41) is 12.5. The Labute approximate surface area is 84.7 Å². The molecule has 0 fully saturated rings. The molecule has 1 aromatic rings. The monoisotopic (exact) mass is 195 g/mol. The number of methoxy groups -OCH3 is 1. The summed E-state index contributed by atoms with van der Waals surface area (Å²) in [4.78, 5) is 0. The van der Waals surface area contributed by atoms with Crippen molar-refractivity contribution in [1.29, 1.82) is 0 Å². The molecule has 78 valence electrons. The van der Waals surface area contributed by atoms with Crippen LogP contribution in [0.1, 0.15) is 19.4 Å². The van der Waals surface area contributed by atoms with Crippen molar-refractivity contribution in [2.45, 2.75) is 19.4 Å². The van der Waals surface area contributed by atoms with E-state index in [-0.39, 0.29) is 11.3 Å². The van der Waals surface area contributed by atoms with Gasteiger partial charge in [-0.05, 0) is 33.0 Å². The first-order valence-corrected chi connectivity index (χ1v) is 4.57. The molecule has 3 nitrogen and oxygen atoms in total. The topological polar surface area (TPSA) is 41.5 Å². The Hall–Kier alpha value is -1.22. The number of hydrogen-bond donors (Lipinski definition) is 2. The molecule has 2 N–H and O–H groups in total. The molecule has 0 saturated carbocycles. The zero-order chi connectivity index (χ0) is 10.8. The molecule has 0 bridgehead atoms. The van der Waals surface area contributed by atoms with Gasteiger partial charge in [0.1, 0.15) is 11.5 Å². The van der Waals surface area contributed by atoms with Crippen LogP contribution in [-0.2, 0) is 5.54 Å². The van der Waals surface area contributed by atoms with Crippen molar-refractivity contribution in [2.75, 3.05) is 14.2 Å². The van der Waals surface area contributed by atoms with E-state index in [4.69, 9.17) is 4.74 Å². The molecular weight excluding hydrogens is 178 g/mol. The van der Waals surface area contributed by atoms with Crippen molar-refractivity contribution in [2.24, 2.45) is 0 Å². The fraction of sp³-hybridized carbons (Fsp3) is 0.455. The molecule has 1 rings (SSSR count). The van der Waals surface area contributed by atoms with Crippen molar-refractivity contribution in [3.8, 4) is 11.5 Å². The first-order chi connectivity index (χ1) is 6.51. The minimum Gasteiger partial charge on any atom is -0.508 e. The molecule has 0 aliphatic carbocycles. The molecule has 0 aliphatic rings. The summed E-state index contributed by atoms with van der Waals surface area (Å²) >= 11 is 0. The van der Waals surface area contributed by atoms with Crippen molar-refractivity contribution in [1.82, 2.24) is 5.32 Å². The Bertz CT molecular complexity index is 321. The number of phenolic OH excluding ortho intramolecular Hbond substituents is 1. The highest BCUT2D eigenvalue weighted by Gasteiger charge is 2.22. The largest absolute Gasteiger partial charge is 0.508 e. The van der Waals surface area contributed by atoms with Crippen LogP contribution in [0.25, 0.3) is 0 Å². The van der Waals surface area contributed by atoms with Crippen LogP contribution in [0.3, 0.4) is 0 Å². The van der Waals surface area contributed by atoms with E-state index in [1.807, 2.05) is 13.1 Å². The van der Waals surface area contributed by atoms with Gasteiger partial charge in [0.15, 0.2) is 0 Å². The zero-order valence-corrected chi connectivity index (χ0v) is 9.09. The fourth-order valence-corrected chi connectivity index (χ4v) is 1.33. The van der Waals surface area contributed by atoms with E-state index < -0.39 is 0 Å². The highest BCUT2D eigenvalue weighted by Crippen LogP contribution is 2.31. The molecule has 0 unspecified atom stereocenters. The van der Waals surface area contributed by atoms with Gasteiger partial charge in [-0.3, -0.25) is 0 Å². The molecule has 0 saturated heterocycles. The molecule has 1 aromatic carbocycles. The molecular formula is C11H17NO2. The second kappa shape index (κ2) is 3.88. The predicted octanol–water partition coefficient (Wildman–Crippen LogP) is 1.86. The van der Waals surface area contributed by atoms with Gasteiger partial charge >= 0.3 is 0 Å². The fourth-order valence-electron chi connectivity index (χ4n) is 1.33. The first-order valence-electron chi connectivity index (χ1n) is 4.57. The van der Waals surface area contributed by atoms with E-state index in [0.29, 0.717) is 5.75 Å². The molecule has 0 amide bonds. The van der Waals surface area contributed by atoms with E-state index in [1.54, 1.807) is 19.2 Å². The highest BCUT2D eigenvalue weighted by molar-refractivity contribution is 5.43. The lowest BCUT2D eigenvalue weighted by Gasteiger charge is -2.26. The highest BCUT2D eigenvalue weighted by atomic mass is 16.5. The van der Waals surface area contributed by atoms with E-state index in [1.165, 1.54) is 0 Å². The lowest BCUT2D eigenvalue weighted by atomic mass is 9.93. The Morgan fingerprint density at radius 3 is 2.50 bits per heavy atom. The third-order valence-corrected chi connectivity index (χ3v) is 2.48. The van der Waals surface area contributed by atoms with Crippen LogP contribution in [0.4, 0.5) is 0 Å². The van der Waals surface area contributed by atoms with Crippen LogP contribution in [-0.4, -0.2) is 19.3 Å². The van der Waals surface area contributed by atoms with Crippen molar-refractivity contribution < 1.29 is 9.84 Å². The minimum absolute atomic E-state index is 0.168. The quantitative estimate of drug-likeness (QED) is 0.773. The van der Waals surface area contributed by atoms with Crippen LogP contribution in [0.5, 0.6) is 11.5 Å². The number of phenols is 1. The van der Waals surface area contributed by atoms with Crippen LogP contribution >= 0.6 is 0 Å². The molecule has 14 heavy (non-hydrogen) atoms. The standard InChI is InChI=1S/C11H17NO2/c1-11(2,12-3)9-6-5-8(13)7-10(9)14-4/h5-7,12-13H,1-4H3. The van der Waals surface area contributed by atoms with Gasteiger partial charge < -0.3 is 15.2 Å². The van der Waals surface area contributed by atoms with Crippen molar-refractivity contribution >= 4 is 0 Å². The van der Waals surface area contributed by atoms with Crippen LogP contribution in [0.2, 0.25) is 0 Å². The number of nitrogens with one attached hydrogen (secondary N) is 1. The maximum atomic E-state index is 9.31. The van der Waals surface area contributed by atoms with Gasteiger partial charge in [0.2, 0.25) is 0 Å². The Kier molecular flexibility index (Phi) is 3.01. The average Bonchev–Trinajstić information content (AvgIpc) is 2.17. The Balaban J connectivity index is 3.20. The third-order valence-electron chi connectivity index (χ3n) is 2.48. The van der Waals surface area contributed by atoms with E-state index >= 15 is 0 Å². The van der Waals surface area contributed by atoms with E-state index in [0.717, 1.165) is 5.56 Å². The summed E-state index contributed by atoms with van der Waals surface area (Å²) < 4.78 is 5.21. The minimum atomic E-state index is -0.168. The predicted molar refractivity (Wildman–Crippen MR) is 56.7 cm³/mol. The third kappa shape index (κ3) is 1.99. The van der Waals surface area contributed by atoms with Gasteiger partial charge in [-0.25, -0.2) is 0 Å². The SMILES string of the molecule is CNC(C)(C)c1ccc(O)cc1OC. The smallest absolute Gasteiger partial charge is 0.127 e. The Morgan fingerprint density at radius 2 is 2.00 bits per heavy atom. The average molecular weight is 195 g/mol. The van der Waals surface area contributed by atoms with Crippen LogP contribution in [0, 0.1) is 0 Å². The molecule has 0 heterocycles. The summed E-state index contributed by atoms with van der Waals surface area (Å²) in [6.07, 6.45) is 0. The summed E-state index contributed by atoms with van der Waals surface area (Å²) in [6.45, 7) is 4.11.